The van der Waals surface area contributed by atoms with Crippen LogP contribution in [0.4, 0.5) is 0 Å². The lowest BCUT2D eigenvalue weighted by Gasteiger charge is -2.33. The minimum atomic E-state index is -0.123. The number of amides is 1. The zero-order chi connectivity index (χ0) is 15.2. The van der Waals surface area contributed by atoms with Gasteiger partial charge in [-0.1, -0.05) is 0 Å². The number of likely N-dealkylation sites (N-methyl/N-ethyl adjacent to an activating group) is 1. The first-order valence-corrected chi connectivity index (χ1v) is 7.76. The van der Waals surface area contributed by atoms with Gasteiger partial charge in [-0.3, -0.25) is 9.59 Å². The van der Waals surface area contributed by atoms with Gasteiger partial charge in [0.05, 0.1) is 19.1 Å². The van der Waals surface area contributed by atoms with E-state index in [2.05, 4.69) is 11.9 Å². The molecule has 0 aromatic heterocycles. The molecule has 120 valence electrons. The highest BCUT2D eigenvalue weighted by Gasteiger charge is 2.28. The van der Waals surface area contributed by atoms with Crippen LogP contribution in [0.2, 0.25) is 0 Å². The maximum absolute atomic E-state index is 12.1. The molecule has 1 aliphatic carbocycles. The lowest BCUT2D eigenvalue weighted by atomic mass is 9.87. The summed E-state index contributed by atoms with van der Waals surface area (Å²) in [4.78, 5) is 27.6. The van der Waals surface area contributed by atoms with Gasteiger partial charge in [-0.2, -0.15) is 0 Å². The molecular weight excluding hydrogens is 272 g/mol. The number of nitrogens with zero attached hydrogens (tertiary/aromatic N) is 2. The van der Waals surface area contributed by atoms with E-state index in [1.807, 2.05) is 4.90 Å². The van der Waals surface area contributed by atoms with Crippen molar-refractivity contribution in [1.29, 1.82) is 0 Å². The zero-order valence-corrected chi connectivity index (χ0v) is 13.0. The Balaban J connectivity index is 1.65. The first-order chi connectivity index (χ1) is 10.1. The molecule has 0 aromatic carbocycles. The van der Waals surface area contributed by atoms with Crippen molar-refractivity contribution in [2.45, 2.75) is 31.8 Å². The maximum Gasteiger partial charge on any atom is 0.308 e. The smallest absolute Gasteiger partial charge is 0.308 e. The lowest BCUT2D eigenvalue weighted by molar-refractivity contribution is -0.149. The van der Waals surface area contributed by atoms with Gasteiger partial charge < -0.3 is 19.3 Å². The number of piperazine rings is 1. The predicted molar refractivity (Wildman–Crippen MR) is 77.8 cm³/mol. The van der Waals surface area contributed by atoms with Crippen LogP contribution in [0.25, 0.3) is 0 Å². The third-order valence-corrected chi connectivity index (χ3v) is 4.51. The van der Waals surface area contributed by atoms with E-state index in [0.29, 0.717) is 0 Å². The van der Waals surface area contributed by atoms with Gasteiger partial charge in [-0.05, 0) is 32.7 Å². The van der Waals surface area contributed by atoms with Gasteiger partial charge in [0, 0.05) is 26.2 Å². The average molecular weight is 298 g/mol. The van der Waals surface area contributed by atoms with Crippen molar-refractivity contribution in [2.24, 2.45) is 5.92 Å². The summed E-state index contributed by atoms with van der Waals surface area (Å²) in [7, 11) is 3.50. The monoisotopic (exact) mass is 298 g/mol. The van der Waals surface area contributed by atoms with E-state index in [9.17, 15) is 9.59 Å². The summed E-state index contributed by atoms with van der Waals surface area (Å²) in [6.45, 7) is 3.59. The average Bonchev–Trinajstić information content (AvgIpc) is 2.53. The normalized spacial score (nSPS) is 27.4. The van der Waals surface area contributed by atoms with E-state index < -0.39 is 0 Å². The second-order valence-corrected chi connectivity index (χ2v) is 5.99. The molecule has 1 saturated heterocycles. The summed E-state index contributed by atoms with van der Waals surface area (Å²) >= 11 is 0. The summed E-state index contributed by atoms with van der Waals surface area (Å²) in [6.07, 6.45) is 3.34. The van der Waals surface area contributed by atoms with E-state index >= 15 is 0 Å². The van der Waals surface area contributed by atoms with Crippen molar-refractivity contribution < 1.29 is 19.1 Å². The second-order valence-electron chi connectivity index (χ2n) is 5.99. The standard InChI is InChI=1S/C15H26N2O4/c1-16-7-9-17(10-8-16)14(18)11-21-13-5-3-12(4-6-13)15(19)20-2/h12-13H,3-11H2,1-2H3. The minimum Gasteiger partial charge on any atom is -0.469 e. The largest absolute Gasteiger partial charge is 0.469 e. The molecule has 1 saturated carbocycles. The van der Waals surface area contributed by atoms with Crippen molar-refractivity contribution in [3.05, 3.63) is 0 Å². The highest BCUT2D eigenvalue weighted by molar-refractivity contribution is 5.77. The van der Waals surface area contributed by atoms with Crippen LogP contribution in [-0.2, 0) is 19.1 Å². The zero-order valence-electron chi connectivity index (χ0n) is 13.0. The number of ether oxygens (including phenoxy) is 2. The Morgan fingerprint density at radius 2 is 1.67 bits per heavy atom. The van der Waals surface area contributed by atoms with Crippen LogP contribution < -0.4 is 0 Å². The summed E-state index contributed by atoms with van der Waals surface area (Å²) in [5.74, 6) is -0.0386. The van der Waals surface area contributed by atoms with E-state index in [1.54, 1.807) is 0 Å². The van der Waals surface area contributed by atoms with Gasteiger partial charge in [0.2, 0.25) is 5.91 Å². The molecule has 2 rings (SSSR count). The molecule has 0 atom stereocenters. The number of esters is 1. The Morgan fingerprint density at radius 1 is 1.05 bits per heavy atom. The molecule has 1 aliphatic heterocycles. The van der Waals surface area contributed by atoms with Gasteiger partial charge in [0.15, 0.2) is 0 Å². The molecule has 0 bridgehead atoms. The van der Waals surface area contributed by atoms with E-state index in [-0.39, 0.29) is 30.5 Å². The Labute approximate surface area is 126 Å². The fourth-order valence-corrected chi connectivity index (χ4v) is 2.97. The number of methoxy groups -OCH3 is 1. The summed E-state index contributed by atoms with van der Waals surface area (Å²) in [6, 6.07) is 0. The van der Waals surface area contributed by atoms with Crippen molar-refractivity contribution in [3.63, 3.8) is 0 Å². The molecule has 0 unspecified atom stereocenters. The van der Waals surface area contributed by atoms with E-state index in [0.717, 1.165) is 51.9 Å². The molecule has 0 N–H and O–H groups in total. The molecule has 1 amide bonds. The van der Waals surface area contributed by atoms with Crippen LogP contribution in [0.15, 0.2) is 0 Å². The van der Waals surface area contributed by atoms with E-state index in [4.69, 9.17) is 9.47 Å². The molecule has 2 aliphatic rings. The molecule has 0 radical (unpaired) electrons. The highest BCUT2D eigenvalue weighted by Crippen LogP contribution is 2.27. The molecule has 0 spiro atoms. The van der Waals surface area contributed by atoms with Crippen LogP contribution >= 0.6 is 0 Å². The van der Waals surface area contributed by atoms with Crippen molar-refractivity contribution in [3.8, 4) is 0 Å². The number of carbonyl (C=O) groups excluding carboxylic acids is 2. The van der Waals surface area contributed by atoms with Gasteiger partial charge in [-0.25, -0.2) is 0 Å². The molecular formula is C15H26N2O4. The van der Waals surface area contributed by atoms with Crippen LogP contribution in [-0.4, -0.2) is 74.7 Å². The minimum absolute atomic E-state index is 0.00295. The number of carbonyl (C=O) groups is 2. The highest BCUT2D eigenvalue weighted by atomic mass is 16.5. The molecule has 6 heteroatoms. The predicted octanol–water partition coefficient (Wildman–Crippen LogP) is 0.509. The molecule has 0 aromatic rings. The number of rotatable bonds is 4. The van der Waals surface area contributed by atoms with Gasteiger partial charge in [-0.15, -0.1) is 0 Å². The van der Waals surface area contributed by atoms with Gasteiger partial charge >= 0.3 is 5.97 Å². The van der Waals surface area contributed by atoms with Crippen molar-refractivity contribution >= 4 is 11.9 Å². The molecule has 21 heavy (non-hydrogen) atoms. The summed E-state index contributed by atoms with van der Waals surface area (Å²) in [5.41, 5.74) is 0. The molecule has 2 fully saturated rings. The SMILES string of the molecule is COC(=O)C1CCC(OCC(=O)N2CCN(C)CC2)CC1. The quantitative estimate of drug-likeness (QED) is 0.708. The number of hydrogen-bond donors (Lipinski definition) is 0. The van der Waals surface area contributed by atoms with E-state index in [1.165, 1.54) is 7.11 Å². The third kappa shape index (κ3) is 4.68. The number of hydrogen-bond acceptors (Lipinski definition) is 5. The maximum atomic E-state index is 12.1. The molecule has 6 nitrogen and oxygen atoms in total. The topological polar surface area (TPSA) is 59.1 Å². The van der Waals surface area contributed by atoms with Crippen LogP contribution in [0.5, 0.6) is 0 Å². The fourth-order valence-electron chi connectivity index (χ4n) is 2.97. The summed E-state index contributed by atoms with van der Waals surface area (Å²) < 4.78 is 10.5. The fraction of sp³-hybridized carbons (Fsp3) is 0.867. The lowest BCUT2D eigenvalue weighted by Crippen LogP contribution is -2.48. The van der Waals surface area contributed by atoms with Crippen LogP contribution in [0.1, 0.15) is 25.7 Å². The van der Waals surface area contributed by atoms with Crippen molar-refractivity contribution in [1.82, 2.24) is 9.80 Å². The second kappa shape index (κ2) is 7.75. The molecule has 1 heterocycles. The summed E-state index contributed by atoms with van der Waals surface area (Å²) in [5, 5.41) is 0. The first kappa shape index (κ1) is 16.2. The van der Waals surface area contributed by atoms with Gasteiger partial charge in [0.25, 0.3) is 0 Å². The van der Waals surface area contributed by atoms with Gasteiger partial charge in [0.1, 0.15) is 6.61 Å². The van der Waals surface area contributed by atoms with Crippen LogP contribution in [0, 0.1) is 5.92 Å². The Bertz CT molecular complexity index is 359. The Hall–Kier alpha value is -1.14. The Kier molecular flexibility index (Phi) is 5.99. The van der Waals surface area contributed by atoms with Crippen LogP contribution in [0.3, 0.4) is 0 Å². The Morgan fingerprint density at radius 3 is 2.24 bits per heavy atom. The van der Waals surface area contributed by atoms with Crippen molar-refractivity contribution in [2.75, 3.05) is 46.9 Å². The first-order valence-electron chi connectivity index (χ1n) is 7.76. The third-order valence-electron chi connectivity index (χ3n) is 4.51.